The van der Waals surface area contributed by atoms with Gasteiger partial charge in [0, 0.05) is 12.2 Å². The van der Waals surface area contributed by atoms with Gasteiger partial charge in [0.05, 0.1) is 6.54 Å². The van der Waals surface area contributed by atoms with E-state index in [4.69, 9.17) is 12.2 Å². The van der Waals surface area contributed by atoms with Gasteiger partial charge in [-0.15, -0.1) is 0 Å². The van der Waals surface area contributed by atoms with Crippen LogP contribution in [-0.4, -0.2) is 20.1 Å². The molecule has 0 aliphatic heterocycles. The molecule has 3 rings (SSSR count). The van der Waals surface area contributed by atoms with Gasteiger partial charge in [-0.3, -0.25) is 0 Å². The van der Waals surface area contributed by atoms with Gasteiger partial charge in [0.15, 0.2) is 5.11 Å². The van der Waals surface area contributed by atoms with Crippen molar-refractivity contribution >= 4 is 33.2 Å². The Morgan fingerprint density at radius 3 is 2.03 bits per heavy atom. The lowest BCUT2D eigenvalue weighted by atomic mass is 10.1. The van der Waals surface area contributed by atoms with Crippen molar-refractivity contribution in [2.24, 2.45) is 0 Å². The number of aryl methyl sites for hydroxylation is 1. The Balaban J connectivity index is 1.66. The van der Waals surface area contributed by atoms with E-state index >= 15 is 0 Å². The molecule has 0 aromatic heterocycles. The molecule has 3 aromatic rings. The Morgan fingerprint density at radius 2 is 1.39 bits per heavy atom. The van der Waals surface area contributed by atoms with Crippen molar-refractivity contribution in [3.63, 3.8) is 0 Å². The minimum Gasteiger partial charge on any atom is -0.314 e. The highest BCUT2D eigenvalue weighted by Crippen LogP contribution is 2.18. The second-order valence-electron chi connectivity index (χ2n) is 7.88. The van der Waals surface area contributed by atoms with Gasteiger partial charge in [-0.25, -0.2) is 4.72 Å². The molecule has 0 atom stereocenters. The van der Waals surface area contributed by atoms with Gasteiger partial charge in [-0.2, -0.15) is 13.1 Å². The van der Waals surface area contributed by atoms with Gasteiger partial charge < -0.3 is 4.90 Å². The van der Waals surface area contributed by atoms with E-state index in [2.05, 4.69) is 40.6 Å². The fourth-order valence-electron chi connectivity index (χ4n) is 3.44. The van der Waals surface area contributed by atoms with Crippen molar-refractivity contribution in [3.05, 3.63) is 102 Å². The van der Waals surface area contributed by atoms with E-state index in [1.165, 1.54) is 12.0 Å². The number of nitrogens with zero attached hydrogens (tertiary/aromatic N) is 1. The van der Waals surface area contributed by atoms with Crippen molar-refractivity contribution in [2.45, 2.75) is 39.2 Å². The van der Waals surface area contributed by atoms with Gasteiger partial charge >= 0.3 is 10.2 Å². The molecular formula is C26H31N3O2S2. The average Bonchev–Trinajstić information content (AvgIpc) is 2.82. The van der Waals surface area contributed by atoms with Crippen LogP contribution in [0.1, 0.15) is 36.5 Å². The fraction of sp³-hybridized carbons (Fsp3) is 0.269. The maximum atomic E-state index is 12.6. The molecule has 174 valence electrons. The van der Waals surface area contributed by atoms with E-state index in [1.807, 2.05) is 60.7 Å². The monoisotopic (exact) mass is 481 g/mol. The first-order chi connectivity index (χ1) is 16.0. The number of hydrogen-bond donors (Lipinski definition) is 2. The van der Waals surface area contributed by atoms with Crippen molar-refractivity contribution in [1.29, 1.82) is 0 Å². The van der Waals surface area contributed by atoms with Crippen molar-refractivity contribution in [1.82, 2.24) is 9.44 Å². The Morgan fingerprint density at radius 1 is 0.818 bits per heavy atom. The summed E-state index contributed by atoms with van der Waals surface area (Å²) in [6.07, 6.45) is 3.99. The molecule has 0 spiro atoms. The normalized spacial score (nSPS) is 11.2. The molecule has 0 aliphatic rings. The third-order valence-electron chi connectivity index (χ3n) is 5.27. The van der Waals surface area contributed by atoms with E-state index in [0.29, 0.717) is 13.0 Å². The summed E-state index contributed by atoms with van der Waals surface area (Å²) in [6, 6.07) is 27.7. The van der Waals surface area contributed by atoms with Crippen LogP contribution in [0.2, 0.25) is 0 Å². The first kappa shape index (κ1) is 24.9. The van der Waals surface area contributed by atoms with Crippen LogP contribution >= 0.6 is 12.2 Å². The van der Waals surface area contributed by atoms with Gasteiger partial charge in [0.2, 0.25) is 0 Å². The van der Waals surface area contributed by atoms with Gasteiger partial charge in [-0.05, 0) is 60.3 Å². The first-order valence-electron chi connectivity index (χ1n) is 11.2. The third-order valence-corrected chi connectivity index (χ3v) is 6.76. The minimum atomic E-state index is -3.80. The summed E-state index contributed by atoms with van der Waals surface area (Å²) in [4.78, 5) is 1.80. The van der Waals surface area contributed by atoms with Crippen molar-refractivity contribution in [3.8, 4) is 0 Å². The molecule has 0 saturated heterocycles. The van der Waals surface area contributed by atoms with Crippen LogP contribution in [0.3, 0.4) is 0 Å². The maximum Gasteiger partial charge on any atom is 0.300 e. The SMILES string of the molecule is CCCCc1ccc(CN(C(=S)NS(=O)(=O)NCCc2ccccc2)c2ccccc2)cc1. The zero-order chi connectivity index (χ0) is 23.5. The summed E-state index contributed by atoms with van der Waals surface area (Å²) in [5.41, 5.74) is 4.25. The summed E-state index contributed by atoms with van der Waals surface area (Å²) in [5.74, 6) is 0. The van der Waals surface area contributed by atoms with Gasteiger partial charge in [0.1, 0.15) is 0 Å². The summed E-state index contributed by atoms with van der Waals surface area (Å²) < 4.78 is 30.4. The van der Waals surface area contributed by atoms with Crippen LogP contribution in [0.15, 0.2) is 84.9 Å². The van der Waals surface area contributed by atoms with Crippen molar-refractivity contribution in [2.75, 3.05) is 11.4 Å². The van der Waals surface area contributed by atoms with E-state index in [1.54, 1.807) is 4.90 Å². The van der Waals surface area contributed by atoms with Crippen LogP contribution in [0.4, 0.5) is 5.69 Å². The number of hydrogen-bond acceptors (Lipinski definition) is 3. The lowest BCUT2D eigenvalue weighted by Gasteiger charge is -2.26. The zero-order valence-electron chi connectivity index (χ0n) is 18.9. The fourth-order valence-corrected chi connectivity index (χ4v) is 4.73. The number of rotatable bonds is 11. The molecule has 0 saturated carbocycles. The lowest BCUT2D eigenvalue weighted by molar-refractivity contribution is 0.577. The van der Waals surface area contributed by atoms with Crippen LogP contribution in [-0.2, 0) is 29.6 Å². The topological polar surface area (TPSA) is 61.4 Å². The molecule has 2 N–H and O–H groups in total. The second-order valence-corrected chi connectivity index (χ2v) is 9.77. The van der Waals surface area contributed by atoms with E-state index in [9.17, 15) is 8.42 Å². The average molecular weight is 482 g/mol. The Bertz CT molecular complexity index is 1100. The number of nitrogens with one attached hydrogen (secondary N) is 2. The van der Waals surface area contributed by atoms with E-state index < -0.39 is 10.2 Å². The molecule has 0 unspecified atom stereocenters. The summed E-state index contributed by atoms with van der Waals surface area (Å²) in [7, 11) is -3.80. The number of para-hydroxylation sites is 1. The Kier molecular flexibility index (Phi) is 9.42. The molecular weight excluding hydrogens is 450 g/mol. The molecule has 3 aromatic carbocycles. The van der Waals surface area contributed by atoms with Crippen molar-refractivity contribution < 1.29 is 8.42 Å². The summed E-state index contributed by atoms with van der Waals surface area (Å²) in [5, 5.41) is 0.128. The second kappa shape index (κ2) is 12.5. The maximum absolute atomic E-state index is 12.6. The van der Waals surface area contributed by atoms with Gasteiger partial charge in [0.25, 0.3) is 0 Å². The predicted molar refractivity (Wildman–Crippen MR) is 140 cm³/mol. The summed E-state index contributed by atoms with van der Waals surface area (Å²) in [6.45, 7) is 2.93. The molecule has 33 heavy (non-hydrogen) atoms. The first-order valence-corrected chi connectivity index (χ1v) is 13.1. The number of anilines is 1. The minimum absolute atomic E-state index is 0.128. The Hall–Kier alpha value is -2.74. The molecule has 0 amide bonds. The van der Waals surface area contributed by atoms with Crippen LogP contribution in [0.25, 0.3) is 0 Å². The molecule has 0 radical (unpaired) electrons. The predicted octanol–water partition coefficient (Wildman–Crippen LogP) is 4.99. The number of thiocarbonyl (C=S) groups is 1. The molecule has 7 heteroatoms. The van der Waals surface area contributed by atoms with E-state index in [0.717, 1.165) is 29.7 Å². The Labute approximate surface area is 203 Å². The zero-order valence-corrected chi connectivity index (χ0v) is 20.5. The highest BCUT2D eigenvalue weighted by atomic mass is 32.2. The quantitative estimate of drug-likeness (QED) is 0.379. The van der Waals surface area contributed by atoms with Crippen LogP contribution in [0.5, 0.6) is 0 Å². The largest absolute Gasteiger partial charge is 0.314 e. The molecule has 0 heterocycles. The molecule has 5 nitrogen and oxygen atoms in total. The van der Waals surface area contributed by atoms with Crippen LogP contribution in [0, 0.1) is 0 Å². The smallest absolute Gasteiger partial charge is 0.300 e. The van der Waals surface area contributed by atoms with Crippen LogP contribution < -0.4 is 14.3 Å². The highest BCUT2D eigenvalue weighted by Gasteiger charge is 2.18. The van der Waals surface area contributed by atoms with Gasteiger partial charge in [-0.1, -0.05) is 86.1 Å². The number of benzene rings is 3. The third kappa shape index (κ3) is 8.28. The highest BCUT2D eigenvalue weighted by molar-refractivity contribution is 7.90. The molecule has 0 fully saturated rings. The number of unbranched alkanes of at least 4 members (excludes halogenated alkanes) is 1. The molecule has 0 aliphatic carbocycles. The molecule has 0 bridgehead atoms. The lowest BCUT2D eigenvalue weighted by Crippen LogP contribution is -2.47. The van der Waals surface area contributed by atoms with E-state index in [-0.39, 0.29) is 11.7 Å². The standard InChI is InChI=1S/C26H31N3O2S2/c1-2-3-10-23-15-17-24(18-16-23)21-29(25-13-8-5-9-14-25)26(32)28-33(30,31)27-20-19-22-11-6-4-7-12-22/h4-9,11-18,27H,2-3,10,19-21H2,1H3,(H,28,32). The summed E-state index contributed by atoms with van der Waals surface area (Å²) >= 11 is 5.53.